The molecule has 2 aromatic carbocycles. The van der Waals surface area contributed by atoms with Gasteiger partial charge in [0, 0.05) is 6.42 Å². The van der Waals surface area contributed by atoms with Crippen LogP contribution < -0.4 is 4.74 Å². The van der Waals surface area contributed by atoms with Gasteiger partial charge in [-0.1, -0.05) is 55.3 Å². The van der Waals surface area contributed by atoms with E-state index >= 15 is 0 Å². The largest absolute Gasteiger partial charge is 0.419 e. The zero-order valence-electron chi connectivity index (χ0n) is 12.6. The molecule has 0 aliphatic carbocycles. The van der Waals surface area contributed by atoms with Crippen LogP contribution in [0.15, 0.2) is 42.5 Å². The fraction of sp³-hybridized carbons (Fsp3) is 0.235. The van der Waals surface area contributed by atoms with Crippen molar-refractivity contribution in [3.05, 3.63) is 57.6 Å². The maximum absolute atomic E-state index is 11.8. The summed E-state index contributed by atoms with van der Waals surface area (Å²) >= 11 is 6.16. The Morgan fingerprint density at radius 1 is 1.22 bits per heavy atom. The number of nitro benzene ring substituents is 1. The Hall–Kier alpha value is -2.40. The van der Waals surface area contributed by atoms with Gasteiger partial charge in [0.15, 0.2) is 0 Å². The van der Waals surface area contributed by atoms with Crippen molar-refractivity contribution in [1.29, 1.82) is 0 Å². The number of carbonyl (C=O) groups excluding carboxylic acids is 1. The fourth-order valence-corrected chi connectivity index (χ4v) is 2.45. The second-order valence-electron chi connectivity index (χ2n) is 4.97. The molecule has 0 aromatic heterocycles. The molecule has 2 aromatic rings. The molecule has 0 atom stereocenters. The lowest BCUT2D eigenvalue weighted by atomic mass is 10.0. The van der Waals surface area contributed by atoms with Crippen LogP contribution in [0.1, 0.15) is 26.2 Å². The minimum atomic E-state index is -0.573. The maximum Gasteiger partial charge on any atom is 0.320 e. The topological polar surface area (TPSA) is 69.4 Å². The van der Waals surface area contributed by atoms with Gasteiger partial charge in [0.2, 0.25) is 5.75 Å². The van der Waals surface area contributed by atoms with Crippen molar-refractivity contribution in [2.75, 3.05) is 0 Å². The molecule has 5 nitrogen and oxygen atoms in total. The molecule has 6 heteroatoms. The molecule has 0 bridgehead atoms. The van der Waals surface area contributed by atoms with Crippen LogP contribution in [0.25, 0.3) is 11.1 Å². The zero-order valence-corrected chi connectivity index (χ0v) is 13.4. The Labute approximate surface area is 139 Å². The van der Waals surface area contributed by atoms with Crippen molar-refractivity contribution < 1.29 is 14.5 Å². The highest BCUT2D eigenvalue weighted by molar-refractivity contribution is 6.34. The Bertz CT molecular complexity index is 716. The second kappa shape index (κ2) is 7.74. The molecule has 0 fully saturated rings. The van der Waals surface area contributed by atoms with E-state index in [9.17, 15) is 14.9 Å². The Morgan fingerprint density at radius 3 is 2.52 bits per heavy atom. The first-order valence-electron chi connectivity index (χ1n) is 7.27. The van der Waals surface area contributed by atoms with Crippen molar-refractivity contribution in [1.82, 2.24) is 0 Å². The third-order valence-corrected chi connectivity index (χ3v) is 3.61. The molecule has 0 aliphatic heterocycles. The fourth-order valence-electron chi connectivity index (χ4n) is 2.19. The SMILES string of the molecule is CCCCC(=O)Oc1ccc(Cl)c(-c2ccccc2)c1[N+](=O)[O-]. The average molecular weight is 334 g/mol. The van der Waals surface area contributed by atoms with E-state index in [2.05, 4.69) is 0 Å². The van der Waals surface area contributed by atoms with E-state index in [-0.39, 0.29) is 28.4 Å². The number of unbranched alkanes of at least 4 members (excludes halogenated alkanes) is 1. The van der Waals surface area contributed by atoms with Crippen molar-refractivity contribution >= 4 is 23.3 Å². The molecule has 0 radical (unpaired) electrons. The summed E-state index contributed by atoms with van der Waals surface area (Å²) in [6.07, 6.45) is 1.73. The molecule has 0 amide bonds. The third kappa shape index (κ3) is 4.07. The number of carbonyl (C=O) groups is 1. The standard InChI is InChI=1S/C17H16ClNO4/c1-2-3-9-15(20)23-14-11-10-13(18)16(17(14)19(21)22)12-7-5-4-6-8-12/h4-8,10-11H,2-3,9H2,1H3. The van der Waals surface area contributed by atoms with Gasteiger partial charge in [-0.15, -0.1) is 0 Å². The van der Waals surface area contributed by atoms with Crippen LogP contribution in [0.4, 0.5) is 5.69 Å². The first-order chi connectivity index (χ1) is 11.0. The molecular formula is C17H16ClNO4. The van der Waals surface area contributed by atoms with Crippen LogP contribution in [-0.4, -0.2) is 10.9 Å². The van der Waals surface area contributed by atoms with Gasteiger partial charge in [-0.2, -0.15) is 0 Å². The minimum absolute atomic E-state index is 0.0839. The van der Waals surface area contributed by atoms with Crippen LogP contribution in [0.5, 0.6) is 5.75 Å². The lowest BCUT2D eigenvalue weighted by Crippen LogP contribution is -2.09. The molecule has 23 heavy (non-hydrogen) atoms. The van der Waals surface area contributed by atoms with Crippen LogP contribution in [0, 0.1) is 10.1 Å². The smallest absolute Gasteiger partial charge is 0.320 e. The molecule has 0 aliphatic rings. The highest BCUT2D eigenvalue weighted by Gasteiger charge is 2.26. The van der Waals surface area contributed by atoms with Crippen LogP contribution in [0.2, 0.25) is 5.02 Å². The summed E-state index contributed by atoms with van der Waals surface area (Å²) < 4.78 is 5.19. The zero-order chi connectivity index (χ0) is 16.8. The number of ether oxygens (including phenoxy) is 1. The Morgan fingerprint density at radius 2 is 1.91 bits per heavy atom. The Kier molecular flexibility index (Phi) is 5.71. The predicted octanol–water partition coefficient (Wildman–Crippen LogP) is 5.01. The number of esters is 1. The van der Waals surface area contributed by atoms with E-state index in [1.54, 1.807) is 30.3 Å². The number of rotatable bonds is 6. The Balaban J connectivity index is 2.49. The van der Waals surface area contributed by atoms with Gasteiger partial charge in [0.25, 0.3) is 0 Å². The van der Waals surface area contributed by atoms with Gasteiger partial charge >= 0.3 is 11.7 Å². The van der Waals surface area contributed by atoms with Gasteiger partial charge in [-0.05, 0) is 24.1 Å². The van der Waals surface area contributed by atoms with E-state index in [0.717, 1.165) is 6.42 Å². The summed E-state index contributed by atoms with van der Waals surface area (Å²) in [6.45, 7) is 1.95. The van der Waals surface area contributed by atoms with Crippen LogP contribution in [-0.2, 0) is 4.79 Å². The van der Waals surface area contributed by atoms with Gasteiger partial charge in [-0.3, -0.25) is 14.9 Å². The first-order valence-corrected chi connectivity index (χ1v) is 7.65. The quantitative estimate of drug-likeness (QED) is 0.322. The van der Waals surface area contributed by atoms with E-state index in [1.165, 1.54) is 12.1 Å². The third-order valence-electron chi connectivity index (χ3n) is 3.29. The van der Waals surface area contributed by atoms with E-state index in [4.69, 9.17) is 16.3 Å². The van der Waals surface area contributed by atoms with E-state index < -0.39 is 10.9 Å². The number of hydrogen-bond donors (Lipinski definition) is 0. The first kappa shape index (κ1) is 17.0. The van der Waals surface area contributed by atoms with Gasteiger partial charge in [-0.25, -0.2) is 0 Å². The molecule has 2 rings (SSSR count). The summed E-state index contributed by atoms with van der Waals surface area (Å²) in [5.41, 5.74) is 0.544. The van der Waals surface area contributed by atoms with Gasteiger partial charge < -0.3 is 4.74 Å². The molecule has 0 spiro atoms. The van der Waals surface area contributed by atoms with E-state index in [0.29, 0.717) is 12.0 Å². The highest BCUT2D eigenvalue weighted by atomic mass is 35.5. The summed E-state index contributed by atoms with van der Waals surface area (Å²) in [5.74, 6) is -0.573. The molecule has 0 heterocycles. The van der Waals surface area contributed by atoms with Crippen LogP contribution in [0.3, 0.4) is 0 Å². The molecule has 0 saturated heterocycles. The number of hydrogen-bond acceptors (Lipinski definition) is 4. The molecular weight excluding hydrogens is 318 g/mol. The number of halogens is 1. The summed E-state index contributed by atoms with van der Waals surface area (Å²) in [6, 6.07) is 11.6. The number of benzene rings is 2. The lowest BCUT2D eigenvalue weighted by molar-refractivity contribution is -0.385. The van der Waals surface area contributed by atoms with E-state index in [1.807, 2.05) is 6.92 Å². The van der Waals surface area contributed by atoms with Crippen molar-refractivity contribution in [3.8, 4) is 16.9 Å². The lowest BCUT2D eigenvalue weighted by Gasteiger charge is -2.10. The number of nitrogens with zero attached hydrogens (tertiary/aromatic N) is 1. The normalized spacial score (nSPS) is 10.3. The molecule has 120 valence electrons. The molecule has 0 N–H and O–H groups in total. The monoisotopic (exact) mass is 333 g/mol. The predicted molar refractivity (Wildman–Crippen MR) is 88.7 cm³/mol. The van der Waals surface area contributed by atoms with Crippen molar-refractivity contribution in [3.63, 3.8) is 0 Å². The van der Waals surface area contributed by atoms with Gasteiger partial charge in [0.1, 0.15) is 0 Å². The number of nitro groups is 1. The molecule has 0 unspecified atom stereocenters. The highest BCUT2D eigenvalue weighted by Crippen LogP contribution is 2.42. The van der Waals surface area contributed by atoms with Crippen molar-refractivity contribution in [2.45, 2.75) is 26.2 Å². The summed E-state index contributed by atoms with van der Waals surface area (Å²) in [7, 11) is 0. The van der Waals surface area contributed by atoms with Gasteiger partial charge in [0.05, 0.1) is 15.5 Å². The van der Waals surface area contributed by atoms with Crippen molar-refractivity contribution in [2.24, 2.45) is 0 Å². The summed E-state index contributed by atoms with van der Waals surface area (Å²) in [5, 5.41) is 11.8. The average Bonchev–Trinajstić information content (AvgIpc) is 2.54. The second-order valence-corrected chi connectivity index (χ2v) is 5.38. The van der Waals surface area contributed by atoms with Crippen LogP contribution >= 0.6 is 11.6 Å². The molecule has 0 saturated carbocycles. The summed E-state index contributed by atoms with van der Waals surface area (Å²) in [4.78, 5) is 22.7. The maximum atomic E-state index is 11.8. The minimum Gasteiger partial charge on any atom is -0.419 e.